The molecule has 0 unspecified atom stereocenters. The van der Waals surface area contributed by atoms with Crippen LogP contribution in [0.2, 0.25) is 0 Å². The van der Waals surface area contributed by atoms with E-state index in [-0.39, 0.29) is 17.3 Å². The first-order valence-electron chi connectivity index (χ1n) is 9.44. The lowest BCUT2D eigenvalue weighted by atomic mass is 10.2. The zero-order valence-corrected chi connectivity index (χ0v) is 17.9. The first-order chi connectivity index (χ1) is 13.3. The van der Waals surface area contributed by atoms with E-state index in [1.54, 1.807) is 24.3 Å². The molecule has 2 aromatic carbocycles. The molecule has 0 spiro atoms. The average Bonchev–Trinajstić information content (AvgIpc) is 3.16. The Labute approximate surface area is 171 Å². The predicted molar refractivity (Wildman–Crippen MR) is 114 cm³/mol. The Morgan fingerprint density at radius 1 is 1.07 bits per heavy atom. The van der Waals surface area contributed by atoms with E-state index in [0.29, 0.717) is 10.9 Å². The highest BCUT2D eigenvalue weighted by Gasteiger charge is 2.23. The van der Waals surface area contributed by atoms with E-state index in [1.807, 2.05) is 43.0 Å². The number of likely N-dealkylation sites (N-methyl/N-ethyl adjacent to an activating group) is 1. The standard InChI is InChI=1S/C21H26N2O3S2/c1-16-7-13-20(14-8-16)28(25,26)23(2)15-21(24)22-17-9-11-19(12-10-17)27-18-5-3-4-6-18/h7-14,18H,3-6,15H2,1-2H3,(H,22,24). The van der Waals surface area contributed by atoms with E-state index in [4.69, 9.17) is 0 Å². The molecule has 1 aliphatic carbocycles. The Morgan fingerprint density at radius 3 is 2.29 bits per heavy atom. The molecule has 1 saturated carbocycles. The zero-order valence-electron chi connectivity index (χ0n) is 16.2. The molecule has 0 saturated heterocycles. The summed E-state index contributed by atoms with van der Waals surface area (Å²) < 4.78 is 26.2. The summed E-state index contributed by atoms with van der Waals surface area (Å²) in [5.41, 5.74) is 1.65. The number of sulfonamides is 1. The Hall–Kier alpha value is -1.83. The third-order valence-electron chi connectivity index (χ3n) is 4.84. The second-order valence-corrected chi connectivity index (χ2v) is 10.6. The third-order valence-corrected chi connectivity index (χ3v) is 8.01. The number of amides is 1. The number of rotatable bonds is 7. The maximum atomic E-state index is 12.6. The summed E-state index contributed by atoms with van der Waals surface area (Å²) >= 11 is 1.89. The second kappa shape index (κ2) is 9.11. The molecule has 0 bridgehead atoms. The molecule has 5 nitrogen and oxygen atoms in total. The van der Waals surface area contributed by atoms with Crippen molar-refractivity contribution in [2.24, 2.45) is 0 Å². The molecule has 7 heteroatoms. The van der Waals surface area contributed by atoms with Crippen LogP contribution in [0.1, 0.15) is 31.2 Å². The smallest absolute Gasteiger partial charge is 0.243 e. The molecule has 1 N–H and O–H groups in total. The fourth-order valence-corrected chi connectivity index (χ4v) is 5.57. The minimum atomic E-state index is -3.69. The molecule has 0 heterocycles. The number of aryl methyl sites for hydroxylation is 1. The van der Waals surface area contributed by atoms with Gasteiger partial charge in [0.2, 0.25) is 15.9 Å². The number of carbonyl (C=O) groups is 1. The number of nitrogens with one attached hydrogen (secondary N) is 1. The number of nitrogens with zero attached hydrogens (tertiary/aromatic N) is 1. The fraction of sp³-hybridized carbons (Fsp3) is 0.381. The molecule has 150 valence electrons. The van der Waals surface area contributed by atoms with E-state index in [1.165, 1.54) is 37.6 Å². The van der Waals surface area contributed by atoms with Gasteiger partial charge in [-0.2, -0.15) is 4.31 Å². The number of thioether (sulfide) groups is 1. The number of anilines is 1. The number of benzene rings is 2. The summed E-state index contributed by atoms with van der Waals surface area (Å²) in [5, 5.41) is 3.47. The molecular weight excluding hydrogens is 392 g/mol. The molecule has 1 fully saturated rings. The quantitative estimate of drug-likeness (QED) is 0.728. The summed E-state index contributed by atoms with van der Waals surface area (Å²) in [6.45, 7) is 1.65. The summed E-state index contributed by atoms with van der Waals surface area (Å²) in [6, 6.07) is 14.3. The van der Waals surface area contributed by atoms with Gasteiger partial charge in [0.1, 0.15) is 0 Å². The van der Waals surface area contributed by atoms with E-state index in [0.717, 1.165) is 9.87 Å². The Morgan fingerprint density at radius 2 is 1.68 bits per heavy atom. The largest absolute Gasteiger partial charge is 0.325 e. The van der Waals surface area contributed by atoms with Crippen LogP contribution < -0.4 is 5.32 Å². The van der Waals surface area contributed by atoms with Crippen LogP contribution >= 0.6 is 11.8 Å². The molecule has 0 atom stereocenters. The predicted octanol–water partition coefficient (Wildman–Crippen LogP) is 4.29. The van der Waals surface area contributed by atoms with Crippen LogP contribution in [0.4, 0.5) is 5.69 Å². The summed E-state index contributed by atoms with van der Waals surface area (Å²) in [6.07, 6.45) is 5.16. The lowest BCUT2D eigenvalue weighted by Gasteiger charge is -2.17. The lowest BCUT2D eigenvalue weighted by molar-refractivity contribution is -0.116. The van der Waals surface area contributed by atoms with Crippen LogP contribution in [0.3, 0.4) is 0 Å². The molecule has 2 aromatic rings. The third kappa shape index (κ3) is 5.37. The van der Waals surface area contributed by atoms with Crippen molar-refractivity contribution in [3.63, 3.8) is 0 Å². The molecule has 0 radical (unpaired) electrons. The van der Waals surface area contributed by atoms with Gasteiger partial charge in [0, 0.05) is 22.9 Å². The molecule has 28 heavy (non-hydrogen) atoms. The monoisotopic (exact) mass is 418 g/mol. The van der Waals surface area contributed by atoms with E-state index in [2.05, 4.69) is 5.32 Å². The summed E-state index contributed by atoms with van der Waals surface area (Å²) in [5.74, 6) is -0.366. The lowest BCUT2D eigenvalue weighted by Crippen LogP contribution is -2.34. The van der Waals surface area contributed by atoms with Gasteiger partial charge >= 0.3 is 0 Å². The first kappa shape index (κ1) is 20.9. The molecule has 0 aliphatic heterocycles. The average molecular weight is 419 g/mol. The van der Waals surface area contributed by atoms with E-state index in [9.17, 15) is 13.2 Å². The Bertz CT molecular complexity index is 904. The van der Waals surface area contributed by atoms with Crippen molar-refractivity contribution in [1.82, 2.24) is 4.31 Å². The van der Waals surface area contributed by atoms with Crippen molar-refractivity contribution < 1.29 is 13.2 Å². The van der Waals surface area contributed by atoms with Gasteiger partial charge < -0.3 is 5.32 Å². The van der Waals surface area contributed by atoms with Gasteiger partial charge in [-0.1, -0.05) is 30.5 Å². The minimum Gasteiger partial charge on any atom is -0.325 e. The topological polar surface area (TPSA) is 66.5 Å². The highest BCUT2D eigenvalue weighted by atomic mass is 32.2. The van der Waals surface area contributed by atoms with Crippen molar-refractivity contribution in [2.45, 2.75) is 47.6 Å². The summed E-state index contributed by atoms with van der Waals surface area (Å²) in [4.78, 5) is 13.7. The van der Waals surface area contributed by atoms with Crippen LogP contribution in [-0.4, -0.2) is 37.5 Å². The maximum absolute atomic E-state index is 12.6. The maximum Gasteiger partial charge on any atom is 0.243 e. The SMILES string of the molecule is Cc1ccc(S(=O)(=O)N(C)CC(=O)Nc2ccc(SC3CCCC3)cc2)cc1. The van der Waals surface area contributed by atoms with Crippen LogP contribution in [0.5, 0.6) is 0 Å². The normalized spacial score (nSPS) is 15.1. The summed E-state index contributed by atoms with van der Waals surface area (Å²) in [7, 11) is -2.28. The van der Waals surface area contributed by atoms with Gasteiger partial charge in [-0.3, -0.25) is 4.79 Å². The second-order valence-electron chi connectivity index (χ2n) is 7.17. The highest BCUT2D eigenvalue weighted by molar-refractivity contribution is 8.00. The van der Waals surface area contributed by atoms with Gasteiger partial charge in [-0.05, 0) is 56.2 Å². The van der Waals surface area contributed by atoms with Gasteiger partial charge in [-0.25, -0.2) is 8.42 Å². The number of hydrogen-bond acceptors (Lipinski definition) is 4. The van der Waals surface area contributed by atoms with Gasteiger partial charge in [0.15, 0.2) is 0 Å². The van der Waals surface area contributed by atoms with Crippen molar-refractivity contribution in [2.75, 3.05) is 18.9 Å². The molecule has 3 rings (SSSR count). The number of carbonyl (C=O) groups excluding carboxylic acids is 1. The van der Waals surface area contributed by atoms with Crippen LogP contribution in [-0.2, 0) is 14.8 Å². The van der Waals surface area contributed by atoms with Gasteiger partial charge in [0.05, 0.1) is 11.4 Å². The van der Waals surface area contributed by atoms with Crippen LogP contribution in [0, 0.1) is 6.92 Å². The van der Waals surface area contributed by atoms with Crippen molar-refractivity contribution in [3.05, 3.63) is 54.1 Å². The van der Waals surface area contributed by atoms with Gasteiger partial charge in [-0.15, -0.1) is 11.8 Å². The van der Waals surface area contributed by atoms with Crippen molar-refractivity contribution in [1.29, 1.82) is 0 Å². The number of hydrogen-bond donors (Lipinski definition) is 1. The van der Waals surface area contributed by atoms with Crippen molar-refractivity contribution >= 4 is 33.4 Å². The van der Waals surface area contributed by atoms with E-state index >= 15 is 0 Å². The first-order valence-corrected chi connectivity index (χ1v) is 11.8. The molecule has 1 amide bonds. The Balaban J connectivity index is 1.56. The van der Waals surface area contributed by atoms with Gasteiger partial charge in [0.25, 0.3) is 0 Å². The Kier molecular flexibility index (Phi) is 6.80. The minimum absolute atomic E-state index is 0.182. The van der Waals surface area contributed by atoms with Crippen molar-refractivity contribution in [3.8, 4) is 0 Å². The fourth-order valence-electron chi connectivity index (χ4n) is 3.19. The van der Waals surface area contributed by atoms with Crippen LogP contribution in [0.25, 0.3) is 0 Å². The zero-order chi connectivity index (χ0) is 20.1. The highest BCUT2D eigenvalue weighted by Crippen LogP contribution is 2.34. The molecular formula is C21H26N2O3S2. The molecule has 1 aliphatic rings. The van der Waals surface area contributed by atoms with E-state index < -0.39 is 10.0 Å². The molecule has 0 aromatic heterocycles. The van der Waals surface area contributed by atoms with Crippen LogP contribution in [0.15, 0.2) is 58.3 Å².